The van der Waals surface area contributed by atoms with Crippen molar-refractivity contribution in [2.75, 3.05) is 13.2 Å². The van der Waals surface area contributed by atoms with Gasteiger partial charge in [-0.15, -0.1) is 0 Å². The molecule has 0 radical (unpaired) electrons. The summed E-state index contributed by atoms with van der Waals surface area (Å²) in [6, 6.07) is 0. The summed E-state index contributed by atoms with van der Waals surface area (Å²) in [5, 5.41) is 0. The van der Waals surface area contributed by atoms with Crippen molar-refractivity contribution in [3.63, 3.8) is 0 Å². The van der Waals surface area contributed by atoms with Crippen molar-refractivity contribution in [2.24, 2.45) is 5.41 Å². The highest BCUT2D eigenvalue weighted by atomic mass is 16.7. The number of esters is 1. The lowest BCUT2D eigenvalue weighted by atomic mass is 9.78. The average molecular weight is 369 g/mol. The number of carbonyl (C=O) groups excluding carboxylic acids is 2. The number of carbonyl (C=O) groups is 2. The lowest BCUT2D eigenvalue weighted by Gasteiger charge is -2.34. The number of hydrogen-bond acceptors (Lipinski definition) is 5. The third-order valence-electron chi connectivity index (χ3n) is 4.66. The second kappa shape index (κ2) is 10.6. The number of ether oxygens (including phenoxy) is 3. The quantitative estimate of drug-likeness (QED) is 0.469. The minimum Gasteiger partial charge on any atom is -0.462 e. The Bertz CT molecular complexity index is 465. The van der Waals surface area contributed by atoms with Crippen molar-refractivity contribution in [3.8, 4) is 0 Å². The summed E-state index contributed by atoms with van der Waals surface area (Å²) in [5.74, 6) is -0.390. The molecule has 0 aromatic heterocycles. The van der Waals surface area contributed by atoms with Crippen LogP contribution in [-0.4, -0.2) is 30.9 Å². The minimum absolute atomic E-state index is 0.214. The van der Waals surface area contributed by atoms with E-state index in [0.29, 0.717) is 5.57 Å². The van der Waals surface area contributed by atoms with Crippen LogP contribution in [0.2, 0.25) is 0 Å². The molecule has 0 amide bonds. The van der Waals surface area contributed by atoms with Crippen LogP contribution in [-0.2, 0) is 19.0 Å². The van der Waals surface area contributed by atoms with Crippen molar-refractivity contribution in [1.29, 1.82) is 0 Å². The van der Waals surface area contributed by atoms with E-state index in [9.17, 15) is 9.59 Å². The molecule has 0 heterocycles. The summed E-state index contributed by atoms with van der Waals surface area (Å²) >= 11 is 0. The number of hydrogen-bond donors (Lipinski definition) is 0. The van der Waals surface area contributed by atoms with Gasteiger partial charge in [0.2, 0.25) is 0 Å². The van der Waals surface area contributed by atoms with E-state index in [1.165, 1.54) is 19.3 Å². The molecule has 5 heteroatoms. The van der Waals surface area contributed by atoms with E-state index >= 15 is 0 Å². The van der Waals surface area contributed by atoms with Gasteiger partial charge in [-0.1, -0.05) is 51.5 Å². The Hall–Kier alpha value is -1.52. The van der Waals surface area contributed by atoms with Gasteiger partial charge in [0, 0.05) is 11.0 Å². The predicted octanol–water partition coefficient (Wildman–Crippen LogP) is 5.57. The first-order chi connectivity index (χ1) is 12.1. The van der Waals surface area contributed by atoms with Crippen molar-refractivity contribution in [2.45, 2.75) is 91.1 Å². The Morgan fingerprint density at radius 1 is 0.885 bits per heavy atom. The lowest BCUT2D eigenvalue weighted by Crippen LogP contribution is -2.36. The van der Waals surface area contributed by atoms with E-state index in [0.717, 1.165) is 38.5 Å². The van der Waals surface area contributed by atoms with Crippen molar-refractivity contribution < 1.29 is 23.8 Å². The third-order valence-corrected chi connectivity index (χ3v) is 4.66. The zero-order chi connectivity index (χ0) is 19.6. The fourth-order valence-corrected chi connectivity index (χ4v) is 3.17. The molecule has 1 rings (SSSR count). The van der Waals surface area contributed by atoms with Crippen molar-refractivity contribution in [3.05, 3.63) is 12.2 Å². The molecule has 1 saturated carbocycles. The monoisotopic (exact) mass is 368 g/mol. The molecule has 0 unspecified atom stereocenters. The van der Waals surface area contributed by atoms with Crippen LogP contribution < -0.4 is 0 Å². The van der Waals surface area contributed by atoms with Crippen LogP contribution in [0.15, 0.2) is 12.2 Å². The molecule has 150 valence electrons. The molecule has 0 saturated heterocycles. The minimum atomic E-state index is -0.666. The Balaban J connectivity index is 2.78. The molecule has 0 aliphatic heterocycles. The second-order valence-electron chi connectivity index (χ2n) is 8.58. The zero-order valence-corrected chi connectivity index (χ0v) is 17.0. The molecular formula is C21H36O5. The summed E-state index contributed by atoms with van der Waals surface area (Å²) in [6.45, 7) is 11.2. The molecule has 5 nitrogen and oxygen atoms in total. The molecular weight excluding hydrogens is 332 g/mol. The summed E-state index contributed by atoms with van der Waals surface area (Å²) in [4.78, 5) is 23.9. The molecule has 1 aliphatic rings. The largest absolute Gasteiger partial charge is 0.508 e. The van der Waals surface area contributed by atoms with Gasteiger partial charge >= 0.3 is 12.1 Å². The van der Waals surface area contributed by atoms with Crippen LogP contribution in [0, 0.1) is 5.41 Å². The normalized spacial score (nSPS) is 18.5. The van der Waals surface area contributed by atoms with Crippen LogP contribution in [0.4, 0.5) is 4.79 Å². The van der Waals surface area contributed by atoms with E-state index in [2.05, 4.69) is 6.58 Å². The number of rotatable bonds is 5. The van der Waals surface area contributed by atoms with Gasteiger partial charge in [0.1, 0.15) is 18.8 Å². The van der Waals surface area contributed by atoms with Gasteiger partial charge in [-0.25, -0.2) is 9.59 Å². The van der Waals surface area contributed by atoms with Gasteiger partial charge in [0.25, 0.3) is 0 Å². The van der Waals surface area contributed by atoms with Crippen LogP contribution in [0.3, 0.4) is 0 Å². The van der Waals surface area contributed by atoms with Gasteiger partial charge in [-0.3, -0.25) is 0 Å². The van der Waals surface area contributed by atoms with Gasteiger partial charge in [-0.05, 0) is 40.5 Å². The average Bonchev–Trinajstić information content (AvgIpc) is 2.55. The second-order valence-corrected chi connectivity index (χ2v) is 8.58. The maximum atomic E-state index is 12.0. The van der Waals surface area contributed by atoms with Crippen LogP contribution in [0.5, 0.6) is 0 Å². The Morgan fingerprint density at radius 2 is 1.35 bits per heavy atom. The molecule has 1 fully saturated rings. The third kappa shape index (κ3) is 9.25. The highest BCUT2D eigenvalue weighted by Gasteiger charge is 2.34. The summed E-state index contributed by atoms with van der Waals surface area (Å²) in [6.07, 6.45) is 9.23. The fourth-order valence-electron chi connectivity index (χ4n) is 3.17. The van der Waals surface area contributed by atoms with E-state index in [4.69, 9.17) is 14.2 Å². The van der Waals surface area contributed by atoms with Crippen molar-refractivity contribution >= 4 is 12.1 Å². The van der Waals surface area contributed by atoms with Crippen molar-refractivity contribution in [1.82, 2.24) is 0 Å². The van der Waals surface area contributed by atoms with E-state index in [1.807, 2.05) is 20.8 Å². The van der Waals surface area contributed by atoms with Crippen LogP contribution in [0.25, 0.3) is 0 Å². The zero-order valence-electron chi connectivity index (χ0n) is 17.0. The van der Waals surface area contributed by atoms with E-state index < -0.39 is 17.7 Å². The predicted molar refractivity (Wildman–Crippen MR) is 102 cm³/mol. The van der Waals surface area contributed by atoms with Crippen LogP contribution in [0.1, 0.15) is 85.5 Å². The maximum Gasteiger partial charge on any atom is 0.508 e. The van der Waals surface area contributed by atoms with Gasteiger partial charge < -0.3 is 14.2 Å². The maximum absolute atomic E-state index is 12.0. The van der Waals surface area contributed by atoms with Gasteiger partial charge in [-0.2, -0.15) is 0 Å². The highest BCUT2D eigenvalue weighted by Crippen LogP contribution is 2.34. The molecule has 0 N–H and O–H groups in total. The molecule has 0 spiro atoms. The summed E-state index contributed by atoms with van der Waals surface area (Å²) < 4.78 is 16.2. The molecule has 26 heavy (non-hydrogen) atoms. The topological polar surface area (TPSA) is 61.8 Å². The first-order valence-electron chi connectivity index (χ1n) is 9.82. The Kier molecular flexibility index (Phi) is 9.17. The molecule has 0 atom stereocenters. The van der Waals surface area contributed by atoms with E-state index in [1.54, 1.807) is 6.92 Å². The lowest BCUT2D eigenvalue weighted by molar-refractivity contribution is -0.144. The fraction of sp³-hybridized carbons (Fsp3) is 0.810. The molecule has 0 aromatic rings. The Labute approximate surface area is 158 Å². The van der Waals surface area contributed by atoms with Gasteiger partial charge in [0.15, 0.2) is 0 Å². The first kappa shape index (κ1) is 22.5. The standard InChI is InChI=1S/C21H36O5/c1-17(2)18(22)24-15-21(16-25-19(23)26-20(3,4)5)13-11-9-7-6-8-10-12-14-21/h1,6-16H2,2-5H3. The SMILES string of the molecule is C=C(C)C(=O)OCC1(COC(=O)OC(C)(C)C)CCCCCCCCC1. The van der Waals surface area contributed by atoms with E-state index in [-0.39, 0.29) is 18.6 Å². The Morgan fingerprint density at radius 3 is 1.81 bits per heavy atom. The highest BCUT2D eigenvalue weighted by molar-refractivity contribution is 5.86. The molecule has 0 bridgehead atoms. The molecule has 0 aromatic carbocycles. The van der Waals surface area contributed by atoms with Crippen LogP contribution >= 0.6 is 0 Å². The van der Waals surface area contributed by atoms with Gasteiger partial charge in [0.05, 0.1) is 0 Å². The summed E-state index contributed by atoms with van der Waals surface area (Å²) in [5.41, 5.74) is -0.556. The molecule has 1 aliphatic carbocycles. The summed E-state index contributed by atoms with van der Waals surface area (Å²) in [7, 11) is 0. The first-order valence-corrected chi connectivity index (χ1v) is 9.82. The smallest absolute Gasteiger partial charge is 0.462 e.